The molecule has 0 spiro atoms. The number of aliphatic hydroxyl groups is 1. The topological polar surface area (TPSA) is 71.6 Å². The van der Waals surface area contributed by atoms with E-state index in [0.717, 1.165) is 24.6 Å². The Balaban J connectivity index is 1.54. The number of hydrogen-bond donors (Lipinski definition) is 1. The van der Waals surface area contributed by atoms with E-state index in [-0.39, 0.29) is 6.61 Å². The lowest BCUT2D eigenvalue weighted by molar-refractivity contribution is 0.0564. The maximum Gasteiger partial charge on any atom is 0.251 e. The van der Waals surface area contributed by atoms with E-state index in [1.165, 1.54) is 19.2 Å². The predicted octanol–water partition coefficient (Wildman–Crippen LogP) is 2.21. The van der Waals surface area contributed by atoms with E-state index in [1.54, 1.807) is 0 Å². The van der Waals surface area contributed by atoms with Crippen LogP contribution in [0.3, 0.4) is 0 Å². The predicted molar refractivity (Wildman–Crippen MR) is 86.1 cm³/mol. The minimum absolute atomic E-state index is 0.247. The van der Waals surface area contributed by atoms with Crippen molar-refractivity contribution in [2.24, 2.45) is 5.92 Å². The SMILES string of the molecule is CC1CCN(C[C@H](O)COc2ccccc2-c2nnco2)CC1. The van der Waals surface area contributed by atoms with Crippen molar-refractivity contribution in [1.29, 1.82) is 0 Å². The molecule has 0 unspecified atom stereocenters. The monoisotopic (exact) mass is 317 g/mol. The first-order valence-electron chi connectivity index (χ1n) is 8.11. The number of likely N-dealkylation sites (tertiary alicyclic amines) is 1. The minimum atomic E-state index is -0.515. The van der Waals surface area contributed by atoms with Gasteiger partial charge in [-0.05, 0) is 44.0 Å². The van der Waals surface area contributed by atoms with Crippen molar-refractivity contribution in [3.63, 3.8) is 0 Å². The van der Waals surface area contributed by atoms with E-state index in [9.17, 15) is 5.11 Å². The van der Waals surface area contributed by atoms with Gasteiger partial charge in [0, 0.05) is 6.54 Å². The highest BCUT2D eigenvalue weighted by Gasteiger charge is 2.19. The second-order valence-electron chi connectivity index (χ2n) is 6.19. The van der Waals surface area contributed by atoms with E-state index in [1.807, 2.05) is 24.3 Å². The van der Waals surface area contributed by atoms with Crippen LogP contribution in [0.5, 0.6) is 5.75 Å². The molecule has 1 aromatic heterocycles. The van der Waals surface area contributed by atoms with Crippen molar-refractivity contribution in [2.75, 3.05) is 26.2 Å². The fourth-order valence-electron chi connectivity index (χ4n) is 2.84. The van der Waals surface area contributed by atoms with Crippen molar-refractivity contribution in [3.05, 3.63) is 30.7 Å². The molecule has 0 aliphatic carbocycles. The molecule has 2 aromatic rings. The van der Waals surface area contributed by atoms with Crippen LogP contribution in [0, 0.1) is 5.92 Å². The Morgan fingerprint density at radius 1 is 1.35 bits per heavy atom. The van der Waals surface area contributed by atoms with Gasteiger partial charge in [-0.2, -0.15) is 0 Å². The Morgan fingerprint density at radius 3 is 2.87 bits per heavy atom. The van der Waals surface area contributed by atoms with Gasteiger partial charge in [0.15, 0.2) is 0 Å². The number of para-hydroxylation sites is 1. The van der Waals surface area contributed by atoms with Gasteiger partial charge in [-0.15, -0.1) is 10.2 Å². The number of nitrogens with zero attached hydrogens (tertiary/aromatic N) is 3. The average Bonchev–Trinajstić information content (AvgIpc) is 3.10. The van der Waals surface area contributed by atoms with E-state index >= 15 is 0 Å². The molecule has 1 fully saturated rings. The van der Waals surface area contributed by atoms with Crippen molar-refractivity contribution in [1.82, 2.24) is 15.1 Å². The molecule has 23 heavy (non-hydrogen) atoms. The van der Waals surface area contributed by atoms with Gasteiger partial charge in [-0.1, -0.05) is 19.1 Å². The summed E-state index contributed by atoms with van der Waals surface area (Å²) in [7, 11) is 0. The van der Waals surface area contributed by atoms with E-state index < -0.39 is 6.10 Å². The summed E-state index contributed by atoms with van der Waals surface area (Å²) in [6.45, 7) is 5.28. The van der Waals surface area contributed by atoms with E-state index in [2.05, 4.69) is 22.0 Å². The first-order chi connectivity index (χ1) is 11.2. The van der Waals surface area contributed by atoms with Gasteiger partial charge in [0.25, 0.3) is 5.89 Å². The fourth-order valence-corrected chi connectivity index (χ4v) is 2.84. The largest absolute Gasteiger partial charge is 0.490 e. The molecular weight excluding hydrogens is 294 g/mol. The summed E-state index contributed by atoms with van der Waals surface area (Å²) >= 11 is 0. The molecule has 6 heteroatoms. The maximum absolute atomic E-state index is 10.2. The van der Waals surface area contributed by atoms with Gasteiger partial charge >= 0.3 is 0 Å². The summed E-state index contributed by atoms with van der Waals surface area (Å²) in [5.74, 6) is 1.85. The highest BCUT2D eigenvalue weighted by Crippen LogP contribution is 2.28. The number of rotatable bonds is 6. The summed E-state index contributed by atoms with van der Waals surface area (Å²) in [5.41, 5.74) is 0.740. The van der Waals surface area contributed by atoms with Gasteiger partial charge < -0.3 is 19.2 Å². The molecule has 0 saturated carbocycles. The Morgan fingerprint density at radius 2 is 2.13 bits per heavy atom. The van der Waals surface area contributed by atoms with E-state index in [0.29, 0.717) is 18.2 Å². The lowest BCUT2D eigenvalue weighted by Gasteiger charge is -2.31. The number of aromatic nitrogens is 2. The van der Waals surface area contributed by atoms with Crippen molar-refractivity contribution >= 4 is 0 Å². The first-order valence-corrected chi connectivity index (χ1v) is 8.11. The third-order valence-electron chi connectivity index (χ3n) is 4.25. The van der Waals surface area contributed by atoms with Gasteiger partial charge in [-0.3, -0.25) is 0 Å². The molecule has 6 nitrogen and oxygen atoms in total. The van der Waals surface area contributed by atoms with Crippen LogP contribution in [0.15, 0.2) is 35.1 Å². The summed E-state index contributed by atoms with van der Waals surface area (Å²) < 4.78 is 11.0. The maximum atomic E-state index is 10.2. The lowest BCUT2D eigenvalue weighted by atomic mass is 9.99. The molecule has 1 aliphatic heterocycles. The Kier molecular flexibility index (Phi) is 5.25. The highest BCUT2D eigenvalue weighted by molar-refractivity contribution is 5.61. The first kappa shape index (κ1) is 16.0. The smallest absolute Gasteiger partial charge is 0.251 e. The fraction of sp³-hybridized carbons (Fsp3) is 0.529. The van der Waals surface area contributed by atoms with Gasteiger partial charge in [0.1, 0.15) is 18.5 Å². The Bertz CT molecular complexity index is 595. The molecule has 0 bridgehead atoms. The molecule has 3 rings (SSSR count). The van der Waals surface area contributed by atoms with Crippen molar-refractivity contribution in [3.8, 4) is 17.2 Å². The zero-order valence-corrected chi connectivity index (χ0v) is 13.4. The third kappa shape index (κ3) is 4.30. The van der Waals surface area contributed by atoms with Crippen LogP contribution in [0.25, 0.3) is 11.5 Å². The Labute approximate surface area is 136 Å². The van der Waals surface area contributed by atoms with Crippen LogP contribution in [-0.2, 0) is 0 Å². The molecule has 2 heterocycles. The summed E-state index contributed by atoms with van der Waals surface area (Å²) in [4.78, 5) is 2.30. The molecule has 1 N–H and O–H groups in total. The minimum Gasteiger partial charge on any atom is -0.490 e. The second kappa shape index (κ2) is 7.57. The number of β-amino-alcohol motifs (C(OH)–C–C–N with tert-alkyl or cyclic N) is 1. The third-order valence-corrected chi connectivity index (χ3v) is 4.25. The van der Waals surface area contributed by atoms with Gasteiger partial charge in [0.05, 0.1) is 5.56 Å². The summed E-state index contributed by atoms with van der Waals surface area (Å²) in [5, 5.41) is 17.8. The van der Waals surface area contributed by atoms with Gasteiger partial charge in [0.2, 0.25) is 6.39 Å². The van der Waals surface area contributed by atoms with Crippen LogP contribution in [0.1, 0.15) is 19.8 Å². The normalized spacial score (nSPS) is 18.0. The molecule has 0 radical (unpaired) electrons. The molecule has 124 valence electrons. The molecule has 0 amide bonds. The van der Waals surface area contributed by atoms with Gasteiger partial charge in [-0.25, -0.2) is 0 Å². The molecule has 1 saturated heterocycles. The summed E-state index contributed by atoms with van der Waals surface area (Å²) in [6, 6.07) is 7.47. The van der Waals surface area contributed by atoms with Crippen LogP contribution in [-0.4, -0.2) is 52.5 Å². The highest BCUT2D eigenvalue weighted by atomic mass is 16.5. The van der Waals surface area contributed by atoms with Crippen LogP contribution < -0.4 is 4.74 Å². The molecule has 1 aromatic carbocycles. The number of aliphatic hydroxyl groups excluding tert-OH is 1. The summed E-state index contributed by atoms with van der Waals surface area (Å²) in [6.07, 6.45) is 3.18. The quantitative estimate of drug-likeness (QED) is 0.881. The average molecular weight is 317 g/mol. The lowest BCUT2D eigenvalue weighted by Crippen LogP contribution is -2.40. The number of ether oxygens (including phenoxy) is 1. The van der Waals surface area contributed by atoms with Crippen molar-refractivity contribution < 1.29 is 14.3 Å². The van der Waals surface area contributed by atoms with Crippen LogP contribution >= 0.6 is 0 Å². The number of piperidine rings is 1. The molecular formula is C17H23N3O3. The second-order valence-corrected chi connectivity index (χ2v) is 6.19. The Hall–Kier alpha value is -1.92. The zero-order valence-electron chi connectivity index (χ0n) is 13.4. The van der Waals surface area contributed by atoms with Crippen LogP contribution in [0.2, 0.25) is 0 Å². The zero-order chi connectivity index (χ0) is 16.1. The number of hydrogen-bond acceptors (Lipinski definition) is 6. The van der Waals surface area contributed by atoms with E-state index in [4.69, 9.17) is 9.15 Å². The number of benzene rings is 1. The van der Waals surface area contributed by atoms with Crippen LogP contribution in [0.4, 0.5) is 0 Å². The molecule has 1 aliphatic rings. The molecule has 1 atom stereocenters. The van der Waals surface area contributed by atoms with Crippen molar-refractivity contribution in [2.45, 2.75) is 25.9 Å². The standard InChI is InChI=1S/C17H23N3O3/c1-13-6-8-20(9-7-13)10-14(21)11-22-16-5-3-2-4-15(16)17-19-18-12-23-17/h2-5,12-14,21H,6-11H2,1H3/t14-/m0/s1.